The molecule has 1 unspecified atom stereocenters. The van der Waals surface area contributed by atoms with E-state index in [4.69, 9.17) is 14.2 Å². The van der Waals surface area contributed by atoms with Crippen molar-refractivity contribution in [1.82, 2.24) is 0 Å². The van der Waals surface area contributed by atoms with E-state index in [9.17, 15) is 4.89 Å². The zero-order valence-corrected chi connectivity index (χ0v) is 9.11. The third-order valence-electron chi connectivity index (χ3n) is 2.10. The Labute approximate surface area is 87.9 Å². The lowest BCUT2D eigenvalue weighted by Crippen LogP contribution is -2.16. The standard InChI is InChI=1S/C9H12O5P/c1-7-3-2-4-8-5-12-15(11,13-6-10)14-9(7)8/h2-4,10-11H,5-6H2,1H3/q+1. The highest BCUT2D eigenvalue weighted by Crippen LogP contribution is 2.61. The van der Waals surface area contributed by atoms with Crippen molar-refractivity contribution in [2.24, 2.45) is 0 Å². The zero-order chi connectivity index (χ0) is 10.9. The maximum Gasteiger partial charge on any atom is 0.621 e. The molecule has 0 saturated carbocycles. The molecular weight excluding hydrogens is 219 g/mol. The van der Waals surface area contributed by atoms with Gasteiger partial charge in [0, 0.05) is 5.56 Å². The number of para-hydroxylation sites is 1. The Morgan fingerprint density at radius 2 is 2.33 bits per heavy atom. The van der Waals surface area contributed by atoms with E-state index in [1.807, 2.05) is 25.1 Å². The van der Waals surface area contributed by atoms with Crippen molar-refractivity contribution in [2.75, 3.05) is 6.79 Å². The first-order valence-corrected chi connectivity index (χ1v) is 5.94. The van der Waals surface area contributed by atoms with Crippen LogP contribution in [-0.2, 0) is 15.7 Å². The van der Waals surface area contributed by atoms with Crippen LogP contribution in [0.3, 0.4) is 0 Å². The zero-order valence-electron chi connectivity index (χ0n) is 8.21. The largest absolute Gasteiger partial charge is 0.621 e. The summed E-state index contributed by atoms with van der Waals surface area (Å²) in [6, 6.07) is 5.61. The molecule has 0 bridgehead atoms. The molecule has 0 aliphatic carbocycles. The van der Waals surface area contributed by atoms with Gasteiger partial charge in [0.15, 0.2) is 12.5 Å². The number of aryl methyl sites for hydroxylation is 1. The van der Waals surface area contributed by atoms with E-state index < -0.39 is 15.0 Å². The Hall–Kier alpha value is -0.710. The lowest BCUT2D eigenvalue weighted by atomic mass is 10.1. The first-order chi connectivity index (χ1) is 7.14. The molecular formula is C9H12O5P+. The first kappa shape index (κ1) is 10.8. The number of hydrogen-bond donors (Lipinski definition) is 2. The van der Waals surface area contributed by atoms with Gasteiger partial charge < -0.3 is 5.11 Å². The molecule has 0 fully saturated rings. The minimum atomic E-state index is -3.37. The molecule has 1 aliphatic heterocycles. The molecule has 1 atom stereocenters. The van der Waals surface area contributed by atoms with Crippen molar-refractivity contribution in [2.45, 2.75) is 13.5 Å². The molecule has 5 nitrogen and oxygen atoms in total. The molecule has 15 heavy (non-hydrogen) atoms. The summed E-state index contributed by atoms with van der Waals surface area (Å²) in [5.41, 5.74) is 1.76. The highest BCUT2D eigenvalue weighted by atomic mass is 31.2. The van der Waals surface area contributed by atoms with Gasteiger partial charge in [0.05, 0.1) is 0 Å². The highest BCUT2D eigenvalue weighted by molar-refractivity contribution is 7.55. The van der Waals surface area contributed by atoms with Gasteiger partial charge in [-0.05, 0) is 12.5 Å². The fraction of sp³-hybridized carbons (Fsp3) is 0.333. The van der Waals surface area contributed by atoms with E-state index in [-0.39, 0.29) is 6.61 Å². The van der Waals surface area contributed by atoms with E-state index in [1.165, 1.54) is 0 Å². The van der Waals surface area contributed by atoms with Gasteiger partial charge in [0.25, 0.3) is 0 Å². The molecule has 6 heteroatoms. The topological polar surface area (TPSA) is 68.2 Å². The summed E-state index contributed by atoms with van der Waals surface area (Å²) in [5.74, 6) is 0.577. The maximum atomic E-state index is 9.73. The molecule has 1 aromatic rings. The number of fused-ring (bicyclic) bond motifs is 1. The summed E-state index contributed by atoms with van der Waals surface area (Å²) in [5, 5.41) is 8.59. The summed E-state index contributed by atoms with van der Waals surface area (Å²) >= 11 is 0. The summed E-state index contributed by atoms with van der Waals surface area (Å²) in [7, 11) is -3.37. The fourth-order valence-electron chi connectivity index (χ4n) is 1.39. The molecule has 1 aromatic carbocycles. The Balaban J connectivity index is 2.29. The quantitative estimate of drug-likeness (QED) is 0.597. The number of rotatable bonds is 2. The van der Waals surface area contributed by atoms with Crippen LogP contribution in [0.1, 0.15) is 11.1 Å². The fourth-order valence-corrected chi connectivity index (χ4v) is 2.51. The van der Waals surface area contributed by atoms with Crippen LogP contribution in [0.15, 0.2) is 18.2 Å². The van der Waals surface area contributed by atoms with Crippen LogP contribution < -0.4 is 4.52 Å². The van der Waals surface area contributed by atoms with Crippen LogP contribution >= 0.6 is 8.17 Å². The molecule has 0 radical (unpaired) electrons. The molecule has 0 amide bonds. The van der Waals surface area contributed by atoms with Gasteiger partial charge in [-0.1, -0.05) is 18.2 Å². The average Bonchev–Trinajstić information content (AvgIpc) is 2.20. The van der Waals surface area contributed by atoms with Crippen molar-refractivity contribution in [3.8, 4) is 5.75 Å². The van der Waals surface area contributed by atoms with Crippen LogP contribution in [0.25, 0.3) is 0 Å². The van der Waals surface area contributed by atoms with E-state index in [1.54, 1.807) is 0 Å². The third-order valence-corrected chi connectivity index (χ3v) is 3.41. The van der Waals surface area contributed by atoms with Crippen molar-refractivity contribution >= 4 is 8.17 Å². The lowest BCUT2D eigenvalue weighted by molar-refractivity contribution is 0.0283. The van der Waals surface area contributed by atoms with E-state index in [2.05, 4.69) is 4.52 Å². The Kier molecular flexibility index (Phi) is 2.91. The summed E-state index contributed by atoms with van der Waals surface area (Å²) in [6.07, 6.45) is 0. The first-order valence-electron chi connectivity index (χ1n) is 4.44. The normalized spacial score (nSPS) is 24.5. The predicted molar refractivity (Wildman–Crippen MR) is 53.9 cm³/mol. The molecule has 2 rings (SSSR count). The van der Waals surface area contributed by atoms with Crippen molar-refractivity contribution < 1.29 is 23.6 Å². The molecule has 0 saturated heterocycles. The van der Waals surface area contributed by atoms with Gasteiger partial charge in [0.1, 0.15) is 6.61 Å². The van der Waals surface area contributed by atoms with Crippen molar-refractivity contribution in [1.29, 1.82) is 0 Å². The summed E-state index contributed by atoms with van der Waals surface area (Å²) in [6.45, 7) is 1.46. The maximum absolute atomic E-state index is 9.73. The Morgan fingerprint density at radius 1 is 1.53 bits per heavy atom. The van der Waals surface area contributed by atoms with Gasteiger partial charge in [-0.3, -0.25) is 4.52 Å². The monoisotopic (exact) mass is 231 g/mol. The van der Waals surface area contributed by atoms with E-state index in [0.29, 0.717) is 5.75 Å². The van der Waals surface area contributed by atoms with Crippen LogP contribution in [0.2, 0.25) is 0 Å². The second kappa shape index (κ2) is 4.04. The molecule has 0 aromatic heterocycles. The third kappa shape index (κ3) is 2.12. The van der Waals surface area contributed by atoms with E-state index >= 15 is 0 Å². The van der Waals surface area contributed by atoms with Gasteiger partial charge in [0.2, 0.25) is 0 Å². The van der Waals surface area contributed by atoms with Gasteiger partial charge >= 0.3 is 8.17 Å². The second-order valence-electron chi connectivity index (χ2n) is 3.15. The van der Waals surface area contributed by atoms with Crippen molar-refractivity contribution in [3.63, 3.8) is 0 Å². The van der Waals surface area contributed by atoms with Gasteiger partial charge in [-0.25, -0.2) is 0 Å². The van der Waals surface area contributed by atoms with Gasteiger partial charge in [-0.2, -0.15) is 4.89 Å². The minimum absolute atomic E-state index is 0.224. The molecule has 82 valence electrons. The Bertz CT molecular complexity index is 370. The molecule has 1 aliphatic rings. The summed E-state index contributed by atoms with van der Waals surface area (Å²) in [4.78, 5) is 9.73. The molecule has 0 spiro atoms. The van der Waals surface area contributed by atoms with Crippen LogP contribution in [0.5, 0.6) is 5.75 Å². The van der Waals surface area contributed by atoms with E-state index in [0.717, 1.165) is 11.1 Å². The Morgan fingerprint density at radius 3 is 3.07 bits per heavy atom. The van der Waals surface area contributed by atoms with Crippen LogP contribution in [0.4, 0.5) is 0 Å². The second-order valence-corrected chi connectivity index (χ2v) is 4.79. The molecule has 2 N–H and O–H groups in total. The van der Waals surface area contributed by atoms with Gasteiger partial charge in [-0.15, -0.1) is 9.05 Å². The average molecular weight is 231 g/mol. The van der Waals surface area contributed by atoms with Crippen LogP contribution in [-0.4, -0.2) is 16.8 Å². The predicted octanol–water partition coefficient (Wildman–Crippen LogP) is 1.54. The highest BCUT2D eigenvalue weighted by Gasteiger charge is 2.50. The summed E-state index contributed by atoms with van der Waals surface area (Å²) < 4.78 is 15.0. The minimum Gasteiger partial charge on any atom is -0.367 e. The van der Waals surface area contributed by atoms with Crippen LogP contribution in [0, 0.1) is 6.92 Å². The lowest BCUT2D eigenvalue weighted by Gasteiger charge is -2.21. The number of hydrogen-bond acceptors (Lipinski definition) is 5. The van der Waals surface area contributed by atoms with Crippen molar-refractivity contribution in [3.05, 3.63) is 29.3 Å². The molecule has 1 heterocycles. The number of benzene rings is 1. The number of aliphatic hydroxyl groups excluding tert-OH is 1. The number of aliphatic hydroxyl groups is 1. The smallest absolute Gasteiger partial charge is 0.367 e. The SMILES string of the molecule is Cc1cccc2c1O[P+](O)(OCO)OC2.